The summed E-state index contributed by atoms with van der Waals surface area (Å²) in [6.07, 6.45) is 4.54. The first-order chi connectivity index (χ1) is 11.9. The summed E-state index contributed by atoms with van der Waals surface area (Å²) in [5.41, 5.74) is 3.89. The monoisotopic (exact) mass is 381 g/mol. The van der Waals surface area contributed by atoms with Crippen LogP contribution in [0.3, 0.4) is 0 Å². The first kappa shape index (κ1) is 19.6. The zero-order valence-corrected chi connectivity index (χ0v) is 15.8. The highest BCUT2D eigenvalue weighted by Gasteiger charge is 2.27. The lowest BCUT2D eigenvalue weighted by Gasteiger charge is -2.12. The number of sulfone groups is 1. The van der Waals surface area contributed by atoms with Crippen molar-refractivity contribution in [3.8, 4) is 10.4 Å². The van der Waals surface area contributed by atoms with Gasteiger partial charge in [-0.15, -0.1) is 11.3 Å². The van der Waals surface area contributed by atoms with Crippen LogP contribution in [0.25, 0.3) is 10.4 Å². The minimum atomic E-state index is -3.51. The van der Waals surface area contributed by atoms with Gasteiger partial charge < -0.3 is 0 Å². The van der Waals surface area contributed by atoms with Crippen molar-refractivity contribution in [2.24, 2.45) is 0 Å². The molecule has 0 aliphatic rings. The van der Waals surface area contributed by atoms with Crippen LogP contribution >= 0.6 is 11.3 Å². The van der Waals surface area contributed by atoms with Crippen LogP contribution in [0.1, 0.15) is 31.2 Å². The van der Waals surface area contributed by atoms with Gasteiger partial charge >= 0.3 is 0 Å². The van der Waals surface area contributed by atoms with Crippen LogP contribution in [0, 0.1) is 0 Å². The Morgan fingerprint density at radius 2 is 1.88 bits per heavy atom. The minimum absolute atomic E-state index is 0.225. The van der Waals surface area contributed by atoms with E-state index in [2.05, 4.69) is 35.7 Å². The van der Waals surface area contributed by atoms with Crippen LogP contribution in [-0.4, -0.2) is 31.0 Å². The Morgan fingerprint density at radius 1 is 1.16 bits per heavy atom. The highest BCUT2D eigenvalue weighted by atomic mass is 32.2. The normalized spacial score (nSPS) is 12.7. The van der Waals surface area contributed by atoms with Crippen LogP contribution in [0.4, 0.5) is 0 Å². The molecule has 0 radical (unpaired) electrons. The molecule has 0 spiro atoms. The quantitative estimate of drug-likeness (QED) is 0.396. The Morgan fingerprint density at radius 3 is 2.44 bits per heavy atom. The number of carbonyl (C=O) groups excluding carboxylic acids is 1. The second-order valence-electron chi connectivity index (χ2n) is 6.07. The maximum Gasteiger partial charge on any atom is 0.261 e. The first-order valence-corrected chi connectivity index (χ1v) is 11.0. The van der Waals surface area contributed by atoms with Crippen molar-refractivity contribution in [2.75, 3.05) is 6.26 Å². The predicted octanol–water partition coefficient (Wildman–Crippen LogP) is 3.44. The van der Waals surface area contributed by atoms with Gasteiger partial charge in [0.15, 0.2) is 9.84 Å². The SMILES string of the molecule is CS(=O)(=O)C(CCCCCc1ccc(-c2cccs2)cc1)C(=O)NO. The second-order valence-corrected chi connectivity index (χ2v) is 9.24. The Labute approximate surface area is 152 Å². The smallest absolute Gasteiger partial charge is 0.261 e. The van der Waals surface area contributed by atoms with Gasteiger partial charge in [0.05, 0.1) is 0 Å². The molecule has 2 N–H and O–H groups in total. The molecule has 1 aromatic carbocycles. The summed E-state index contributed by atoms with van der Waals surface area (Å²) in [5.74, 6) is -0.855. The number of hydroxylamine groups is 1. The number of hydrogen-bond acceptors (Lipinski definition) is 5. The largest absolute Gasteiger partial charge is 0.289 e. The lowest BCUT2D eigenvalue weighted by Crippen LogP contribution is -2.37. The van der Waals surface area contributed by atoms with E-state index in [1.54, 1.807) is 11.3 Å². The van der Waals surface area contributed by atoms with Crippen molar-refractivity contribution >= 4 is 27.1 Å². The van der Waals surface area contributed by atoms with E-state index in [1.807, 2.05) is 6.07 Å². The van der Waals surface area contributed by atoms with Crippen molar-refractivity contribution in [3.63, 3.8) is 0 Å². The van der Waals surface area contributed by atoms with Gasteiger partial charge in [0.1, 0.15) is 5.25 Å². The van der Waals surface area contributed by atoms with Gasteiger partial charge in [-0.3, -0.25) is 10.0 Å². The zero-order chi connectivity index (χ0) is 18.3. The summed E-state index contributed by atoms with van der Waals surface area (Å²) in [5, 5.41) is 9.53. The maximum absolute atomic E-state index is 11.6. The molecule has 0 saturated carbocycles. The van der Waals surface area contributed by atoms with Crippen molar-refractivity contribution in [1.29, 1.82) is 0 Å². The Hall–Kier alpha value is -1.70. The number of nitrogens with one attached hydrogen (secondary N) is 1. The van der Waals surface area contributed by atoms with Gasteiger partial charge in [-0.25, -0.2) is 13.9 Å². The number of hydrogen-bond donors (Lipinski definition) is 2. The van der Waals surface area contributed by atoms with Crippen LogP contribution in [0.15, 0.2) is 41.8 Å². The van der Waals surface area contributed by atoms with Crippen molar-refractivity contribution in [2.45, 2.75) is 37.4 Å². The molecule has 0 saturated heterocycles. The fourth-order valence-electron chi connectivity index (χ4n) is 2.73. The summed E-state index contributed by atoms with van der Waals surface area (Å²) in [6.45, 7) is 0. The average molecular weight is 382 g/mol. The summed E-state index contributed by atoms with van der Waals surface area (Å²) >= 11 is 1.72. The van der Waals surface area contributed by atoms with E-state index in [1.165, 1.54) is 21.5 Å². The van der Waals surface area contributed by atoms with E-state index >= 15 is 0 Å². The third kappa shape index (κ3) is 5.95. The molecule has 1 atom stereocenters. The highest BCUT2D eigenvalue weighted by molar-refractivity contribution is 7.92. The molecule has 1 amide bonds. The summed E-state index contributed by atoms with van der Waals surface area (Å²) in [7, 11) is -3.51. The summed E-state index contributed by atoms with van der Waals surface area (Å²) in [6, 6.07) is 12.6. The standard InChI is InChI=1S/C18H23NO4S2/c1-25(22,23)17(18(20)19-21)8-4-2-3-6-14-9-11-15(12-10-14)16-7-5-13-24-16/h5,7,9-13,17,21H,2-4,6,8H2,1H3,(H,19,20). The Balaban J connectivity index is 1.76. The van der Waals surface area contributed by atoms with E-state index in [9.17, 15) is 13.2 Å². The van der Waals surface area contributed by atoms with Crippen molar-refractivity contribution < 1.29 is 18.4 Å². The lowest BCUT2D eigenvalue weighted by molar-refractivity contribution is -0.128. The molecule has 136 valence electrons. The molecule has 2 rings (SSSR count). The molecule has 0 bridgehead atoms. The van der Waals surface area contributed by atoms with E-state index in [4.69, 9.17) is 5.21 Å². The fourth-order valence-corrected chi connectivity index (χ4v) is 4.50. The van der Waals surface area contributed by atoms with Crippen LogP contribution in [0.2, 0.25) is 0 Å². The van der Waals surface area contributed by atoms with Gasteiger partial charge in [0, 0.05) is 11.1 Å². The van der Waals surface area contributed by atoms with Crippen LogP contribution in [0.5, 0.6) is 0 Å². The van der Waals surface area contributed by atoms with Crippen molar-refractivity contribution in [3.05, 3.63) is 47.3 Å². The number of carbonyl (C=O) groups is 1. The first-order valence-electron chi connectivity index (χ1n) is 8.17. The van der Waals surface area contributed by atoms with Gasteiger partial charge in [0.25, 0.3) is 5.91 Å². The number of amides is 1. The summed E-state index contributed by atoms with van der Waals surface area (Å²) < 4.78 is 23.2. The van der Waals surface area contributed by atoms with Crippen LogP contribution in [-0.2, 0) is 21.1 Å². The molecule has 7 heteroatoms. The molecule has 0 aliphatic carbocycles. The molecule has 0 fully saturated rings. The molecule has 1 unspecified atom stereocenters. The number of rotatable bonds is 9. The molecular formula is C18H23NO4S2. The van der Waals surface area contributed by atoms with E-state index in [0.29, 0.717) is 6.42 Å². The van der Waals surface area contributed by atoms with Crippen molar-refractivity contribution in [1.82, 2.24) is 5.48 Å². The third-order valence-corrected chi connectivity index (χ3v) is 6.51. The Bertz CT molecular complexity index is 768. The molecule has 5 nitrogen and oxygen atoms in total. The Kier molecular flexibility index (Phi) is 7.16. The molecule has 2 aromatic rings. The maximum atomic E-state index is 11.6. The molecule has 1 aromatic heterocycles. The van der Waals surface area contributed by atoms with Gasteiger partial charge in [-0.05, 0) is 41.8 Å². The van der Waals surface area contributed by atoms with E-state index < -0.39 is 21.0 Å². The number of unbranched alkanes of at least 4 members (excludes halogenated alkanes) is 2. The minimum Gasteiger partial charge on any atom is -0.289 e. The fraction of sp³-hybridized carbons (Fsp3) is 0.389. The molecule has 25 heavy (non-hydrogen) atoms. The predicted molar refractivity (Wildman–Crippen MR) is 100 cm³/mol. The summed E-state index contributed by atoms with van der Waals surface area (Å²) in [4.78, 5) is 12.7. The third-order valence-electron chi connectivity index (χ3n) is 4.11. The van der Waals surface area contributed by atoms with E-state index in [0.717, 1.165) is 25.5 Å². The van der Waals surface area contributed by atoms with Gasteiger partial charge in [0.2, 0.25) is 0 Å². The second kappa shape index (κ2) is 9.12. The molecular weight excluding hydrogens is 358 g/mol. The number of thiophene rings is 1. The van der Waals surface area contributed by atoms with Gasteiger partial charge in [-0.1, -0.05) is 43.2 Å². The topological polar surface area (TPSA) is 83.5 Å². The molecule has 1 heterocycles. The average Bonchev–Trinajstić information content (AvgIpc) is 3.11. The number of benzene rings is 1. The zero-order valence-electron chi connectivity index (χ0n) is 14.1. The van der Waals surface area contributed by atoms with Gasteiger partial charge in [-0.2, -0.15) is 0 Å². The lowest BCUT2D eigenvalue weighted by atomic mass is 10.0. The van der Waals surface area contributed by atoms with E-state index in [-0.39, 0.29) is 6.42 Å². The molecule has 0 aliphatic heterocycles. The highest BCUT2D eigenvalue weighted by Crippen LogP contribution is 2.25. The van der Waals surface area contributed by atoms with Crippen LogP contribution < -0.4 is 5.48 Å². The number of aryl methyl sites for hydroxylation is 1.